The third kappa shape index (κ3) is 3.69. The molecular weight excluding hydrogens is 276 g/mol. The Bertz CT molecular complexity index is 517. The maximum atomic E-state index is 11.5. The standard InChI is InChI=1S/C18H26N2O2/c1-4-16-12-8-9-14(2)20(16)18(3,22-17(19)21)13-15-10-6-5-7-11-15/h4-7,10-11,14,16H,1,8-9,12-13H2,2-3H3,(H2,19,21). The minimum atomic E-state index is -0.772. The van der Waals surface area contributed by atoms with Crippen molar-refractivity contribution in [2.75, 3.05) is 0 Å². The molecule has 1 amide bonds. The summed E-state index contributed by atoms with van der Waals surface area (Å²) in [7, 11) is 0. The number of hydrogen-bond acceptors (Lipinski definition) is 3. The van der Waals surface area contributed by atoms with E-state index in [2.05, 4.69) is 18.4 Å². The molecule has 0 aliphatic carbocycles. The average molecular weight is 302 g/mol. The molecule has 0 aromatic heterocycles. The summed E-state index contributed by atoms with van der Waals surface area (Å²) >= 11 is 0. The first-order valence-corrected chi connectivity index (χ1v) is 7.89. The molecule has 4 heteroatoms. The summed E-state index contributed by atoms with van der Waals surface area (Å²) in [6, 6.07) is 10.5. The van der Waals surface area contributed by atoms with Gasteiger partial charge in [-0.05, 0) is 32.3 Å². The number of ether oxygens (including phenoxy) is 1. The van der Waals surface area contributed by atoms with Crippen LogP contribution in [0.15, 0.2) is 43.0 Å². The fourth-order valence-corrected chi connectivity index (χ4v) is 3.65. The number of likely N-dealkylation sites (tertiary alicyclic amines) is 1. The second-order valence-electron chi connectivity index (χ2n) is 6.25. The highest BCUT2D eigenvalue weighted by atomic mass is 16.6. The summed E-state index contributed by atoms with van der Waals surface area (Å²) in [6.07, 6.45) is 5.08. The van der Waals surface area contributed by atoms with Gasteiger partial charge in [0.25, 0.3) is 0 Å². The Morgan fingerprint density at radius 2 is 2.14 bits per heavy atom. The van der Waals surface area contributed by atoms with Crippen molar-refractivity contribution in [2.45, 2.75) is 57.3 Å². The normalized spacial score (nSPS) is 25.2. The van der Waals surface area contributed by atoms with Gasteiger partial charge in [0.1, 0.15) is 0 Å². The molecule has 2 rings (SSSR count). The predicted octanol–water partition coefficient (Wildman–Crippen LogP) is 3.47. The quantitative estimate of drug-likeness (QED) is 0.847. The van der Waals surface area contributed by atoms with Crippen LogP contribution in [0.2, 0.25) is 0 Å². The van der Waals surface area contributed by atoms with E-state index >= 15 is 0 Å². The lowest BCUT2D eigenvalue weighted by atomic mass is 9.90. The maximum Gasteiger partial charge on any atom is 0.406 e. The van der Waals surface area contributed by atoms with E-state index in [1.54, 1.807) is 0 Å². The molecule has 1 aliphatic rings. The molecule has 1 fully saturated rings. The van der Waals surface area contributed by atoms with Crippen LogP contribution in [0, 0.1) is 0 Å². The van der Waals surface area contributed by atoms with E-state index in [1.807, 2.05) is 43.3 Å². The molecule has 1 aromatic carbocycles. The zero-order chi connectivity index (χ0) is 16.2. The van der Waals surface area contributed by atoms with Gasteiger partial charge in [-0.25, -0.2) is 4.79 Å². The lowest BCUT2D eigenvalue weighted by Gasteiger charge is -2.49. The fraction of sp³-hybridized carbons (Fsp3) is 0.500. The largest absolute Gasteiger partial charge is 0.428 e. The number of hydrogen-bond donors (Lipinski definition) is 1. The van der Waals surface area contributed by atoms with Crippen molar-refractivity contribution < 1.29 is 9.53 Å². The van der Waals surface area contributed by atoms with E-state index in [1.165, 1.54) is 0 Å². The van der Waals surface area contributed by atoms with Gasteiger partial charge in [0.15, 0.2) is 5.72 Å². The molecule has 1 aromatic rings. The fourth-order valence-electron chi connectivity index (χ4n) is 3.65. The van der Waals surface area contributed by atoms with Gasteiger partial charge in [-0.2, -0.15) is 0 Å². The number of primary amides is 1. The summed E-state index contributed by atoms with van der Waals surface area (Å²) in [5.41, 5.74) is 5.70. The van der Waals surface area contributed by atoms with Gasteiger partial charge in [-0.15, -0.1) is 6.58 Å². The van der Waals surface area contributed by atoms with Crippen LogP contribution in [0.25, 0.3) is 0 Å². The molecule has 0 spiro atoms. The van der Waals surface area contributed by atoms with Gasteiger partial charge in [0.2, 0.25) is 0 Å². The Morgan fingerprint density at radius 1 is 1.45 bits per heavy atom. The predicted molar refractivity (Wildman–Crippen MR) is 88.4 cm³/mol. The van der Waals surface area contributed by atoms with Gasteiger partial charge >= 0.3 is 6.09 Å². The Kier molecular flexibility index (Phi) is 5.24. The zero-order valence-electron chi connectivity index (χ0n) is 13.5. The lowest BCUT2D eigenvalue weighted by molar-refractivity contribution is -0.137. The Morgan fingerprint density at radius 3 is 2.73 bits per heavy atom. The maximum absolute atomic E-state index is 11.5. The van der Waals surface area contributed by atoms with Crippen LogP contribution in [-0.2, 0) is 11.2 Å². The van der Waals surface area contributed by atoms with E-state index in [0.29, 0.717) is 12.5 Å². The second kappa shape index (κ2) is 6.97. The molecule has 0 saturated carbocycles. The summed E-state index contributed by atoms with van der Waals surface area (Å²) in [5, 5.41) is 0. The first-order chi connectivity index (χ1) is 10.5. The number of benzene rings is 1. The molecule has 1 aliphatic heterocycles. The van der Waals surface area contributed by atoms with E-state index in [-0.39, 0.29) is 6.04 Å². The van der Waals surface area contributed by atoms with E-state index in [9.17, 15) is 4.79 Å². The Hall–Kier alpha value is -1.81. The summed E-state index contributed by atoms with van der Waals surface area (Å²) in [4.78, 5) is 13.7. The van der Waals surface area contributed by atoms with Gasteiger partial charge < -0.3 is 10.5 Å². The molecule has 4 nitrogen and oxygen atoms in total. The number of nitrogens with zero attached hydrogens (tertiary/aromatic N) is 1. The molecule has 0 radical (unpaired) electrons. The average Bonchev–Trinajstić information content (AvgIpc) is 2.46. The van der Waals surface area contributed by atoms with Gasteiger partial charge in [-0.1, -0.05) is 42.8 Å². The van der Waals surface area contributed by atoms with Crippen LogP contribution < -0.4 is 5.73 Å². The van der Waals surface area contributed by atoms with Crippen molar-refractivity contribution in [3.05, 3.63) is 48.6 Å². The van der Waals surface area contributed by atoms with Crippen LogP contribution in [0.3, 0.4) is 0 Å². The molecule has 3 unspecified atom stereocenters. The van der Waals surface area contributed by atoms with Gasteiger partial charge in [0, 0.05) is 18.5 Å². The number of carbonyl (C=O) groups excluding carboxylic acids is 1. The summed E-state index contributed by atoms with van der Waals surface area (Å²) in [6.45, 7) is 8.07. The van der Waals surface area contributed by atoms with Crippen molar-refractivity contribution in [1.29, 1.82) is 0 Å². The highest BCUT2D eigenvalue weighted by Gasteiger charge is 2.43. The molecule has 3 atom stereocenters. The highest BCUT2D eigenvalue weighted by molar-refractivity contribution is 5.65. The number of carbonyl (C=O) groups is 1. The van der Waals surface area contributed by atoms with Crippen molar-refractivity contribution in [2.24, 2.45) is 5.73 Å². The topological polar surface area (TPSA) is 55.6 Å². The number of piperidine rings is 1. The molecule has 1 heterocycles. The van der Waals surface area contributed by atoms with E-state index in [0.717, 1.165) is 24.8 Å². The van der Waals surface area contributed by atoms with Crippen molar-refractivity contribution in [1.82, 2.24) is 4.90 Å². The van der Waals surface area contributed by atoms with Gasteiger partial charge in [0.05, 0.1) is 0 Å². The van der Waals surface area contributed by atoms with Crippen LogP contribution in [0.1, 0.15) is 38.7 Å². The molecule has 2 N–H and O–H groups in total. The third-order valence-electron chi connectivity index (χ3n) is 4.47. The van der Waals surface area contributed by atoms with E-state index < -0.39 is 11.8 Å². The summed E-state index contributed by atoms with van der Waals surface area (Å²) < 4.78 is 5.60. The summed E-state index contributed by atoms with van der Waals surface area (Å²) in [5.74, 6) is 0. The number of nitrogens with two attached hydrogens (primary N) is 1. The smallest absolute Gasteiger partial charge is 0.406 e. The van der Waals surface area contributed by atoms with Crippen LogP contribution in [-0.4, -0.2) is 28.8 Å². The minimum Gasteiger partial charge on any atom is -0.428 e. The molecular formula is C18H26N2O2. The molecule has 0 bridgehead atoms. The Balaban J connectivity index is 2.34. The first-order valence-electron chi connectivity index (χ1n) is 7.89. The Labute approximate surface area is 132 Å². The van der Waals surface area contributed by atoms with Crippen LogP contribution in [0.4, 0.5) is 4.79 Å². The first kappa shape index (κ1) is 16.6. The van der Waals surface area contributed by atoms with Crippen molar-refractivity contribution in [3.63, 3.8) is 0 Å². The zero-order valence-corrected chi connectivity index (χ0v) is 13.5. The minimum absolute atomic E-state index is 0.191. The van der Waals surface area contributed by atoms with E-state index in [4.69, 9.17) is 10.5 Å². The third-order valence-corrected chi connectivity index (χ3v) is 4.47. The molecule has 22 heavy (non-hydrogen) atoms. The van der Waals surface area contributed by atoms with Gasteiger partial charge in [-0.3, -0.25) is 4.90 Å². The molecule has 120 valence electrons. The second-order valence-corrected chi connectivity index (χ2v) is 6.25. The monoisotopic (exact) mass is 302 g/mol. The van der Waals surface area contributed by atoms with Crippen molar-refractivity contribution in [3.8, 4) is 0 Å². The van der Waals surface area contributed by atoms with Crippen LogP contribution >= 0.6 is 0 Å². The number of rotatable bonds is 5. The lowest BCUT2D eigenvalue weighted by Crippen LogP contribution is -2.60. The van der Waals surface area contributed by atoms with Crippen LogP contribution in [0.5, 0.6) is 0 Å². The molecule has 1 saturated heterocycles. The number of amides is 1. The SMILES string of the molecule is C=CC1CCCC(C)N1C(C)(Cc1ccccc1)OC(N)=O. The highest BCUT2D eigenvalue weighted by Crippen LogP contribution is 2.34. The van der Waals surface area contributed by atoms with Crippen molar-refractivity contribution >= 4 is 6.09 Å².